The first-order valence-electron chi connectivity index (χ1n) is 16.7. The summed E-state index contributed by atoms with van der Waals surface area (Å²) in [5.74, 6) is 1.89. The van der Waals surface area contributed by atoms with Crippen LogP contribution in [0.3, 0.4) is 0 Å². The fourth-order valence-electron chi connectivity index (χ4n) is 7.11. The van der Waals surface area contributed by atoms with E-state index in [0.717, 1.165) is 66.5 Å². The SMILES string of the molecule is c1ccc(-c2cccc(-c3nc(-c4ccccc4)nc(-c4ccc(-n5c6ccccc6c6ccc7oc8ccccc8c7c65)cc4)n3)c2)cc1. The second kappa shape index (κ2) is 11.4. The zero-order valence-corrected chi connectivity index (χ0v) is 26.9. The zero-order chi connectivity index (χ0) is 33.0. The summed E-state index contributed by atoms with van der Waals surface area (Å²) in [6.45, 7) is 0. The van der Waals surface area contributed by atoms with Gasteiger partial charge in [0.05, 0.1) is 16.4 Å². The van der Waals surface area contributed by atoms with E-state index in [0.29, 0.717) is 17.5 Å². The van der Waals surface area contributed by atoms with Crippen LogP contribution in [0.2, 0.25) is 0 Å². The number of benzene rings is 7. The first-order valence-corrected chi connectivity index (χ1v) is 16.7. The summed E-state index contributed by atoms with van der Waals surface area (Å²) in [4.78, 5) is 15.0. The van der Waals surface area contributed by atoms with E-state index in [1.165, 1.54) is 10.8 Å². The third-order valence-electron chi connectivity index (χ3n) is 9.45. The Labute approximate surface area is 287 Å². The van der Waals surface area contributed by atoms with Crippen molar-refractivity contribution in [3.63, 3.8) is 0 Å². The molecular weight excluding hydrogens is 613 g/mol. The van der Waals surface area contributed by atoms with Crippen molar-refractivity contribution >= 4 is 43.7 Å². The lowest BCUT2D eigenvalue weighted by molar-refractivity contribution is 0.669. The molecule has 3 aromatic heterocycles. The lowest BCUT2D eigenvalue weighted by Crippen LogP contribution is -2.00. The molecule has 234 valence electrons. The molecule has 0 amide bonds. The Bertz CT molecular complexity index is 2850. The molecule has 5 nitrogen and oxygen atoms in total. The van der Waals surface area contributed by atoms with E-state index in [2.05, 4.69) is 126 Å². The minimum Gasteiger partial charge on any atom is -0.456 e. The second-order valence-electron chi connectivity index (χ2n) is 12.5. The Hall–Kier alpha value is -6.85. The van der Waals surface area contributed by atoms with Gasteiger partial charge >= 0.3 is 0 Å². The van der Waals surface area contributed by atoms with Crippen molar-refractivity contribution in [1.82, 2.24) is 19.5 Å². The average Bonchev–Trinajstić information content (AvgIpc) is 3.74. The van der Waals surface area contributed by atoms with Crippen LogP contribution in [0.1, 0.15) is 0 Å². The monoisotopic (exact) mass is 640 g/mol. The highest BCUT2D eigenvalue weighted by Crippen LogP contribution is 2.41. The first kappa shape index (κ1) is 28.2. The molecule has 0 fully saturated rings. The Balaban J connectivity index is 1.14. The van der Waals surface area contributed by atoms with Gasteiger partial charge in [-0.2, -0.15) is 0 Å². The minimum absolute atomic E-state index is 0.621. The average molecular weight is 641 g/mol. The van der Waals surface area contributed by atoms with Gasteiger partial charge in [0.25, 0.3) is 0 Å². The zero-order valence-electron chi connectivity index (χ0n) is 26.9. The number of hydrogen-bond donors (Lipinski definition) is 0. The quantitative estimate of drug-likeness (QED) is 0.188. The number of furan rings is 1. The molecule has 0 bridgehead atoms. The van der Waals surface area contributed by atoms with Crippen LogP contribution in [0, 0.1) is 0 Å². The first-order chi connectivity index (χ1) is 24.8. The van der Waals surface area contributed by atoms with Gasteiger partial charge in [-0.1, -0.05) is 115 Å². The Morgan fingerprint density at radius 3 is 1.72 bits per heavy atom. The molecule has 0 atom stereocenters. The molecule has 0 unspecified atom stereocenters. The van der Waals surface area contributed by atoms with Crippen LogP contribution >= 0.6 is 0 Å². The normalized spacial score (nSPS) is 11.6. The largest absolute Gasteiger partial charge is 0.456 e. The van der Waals surface area contributed by atoms with E-state index in [-0.39, 0.29) is 0 Å². The maximum atomic E-state index is 6.32. The van der Waals surface area contributed by atoms with Gasteiger partial charge < -0.3 is 8.98 Å². The van der Waals surface area contributed by atoms with Crippen molar-refractivity contribution in [2.24, 2.45) is 0 Å². The molecule has 3 heterocycles. The fourth-order valence-corrected chi connectivity index (χ4v) is 7.11. The van der Waals surface area contributed by atoms with Crippen molar-refractivity contribution in [3.05, 3.63) is 170 Å². The second-order valence-corrected chi connectivity index (χ2v) is 12.5. The van der Waals surface area contributed by atoms with Crippen LogP contribution in [-0.2, 0) is 0 Å². The molecule has 10 rings (SSSR count). The standard InChI is InChI=1S/C45H28N4O/c1-3-12-29(13-4-1)32-16-11-17-33(28-32)45-47-43(30-14-5-2-6-15-30)46-44(48-45)31-22-24-34(25-23-31)49-38-20-9-7-18-35(38)36-26-27-40-41(42(36)49)37-19-8-10-21-39(37)50-40/h1-28H. The smallest absolute Gasteiger partial charge is 0.164 e. The van der Waals surface area contributed by atoms with Crippen LogP contribution in [0.5, 0.6) is 0 Å². The van der Waals surface area contributed by atoms with Crippen molar-refractivity contribution in [1.29, 1.82) is 0 Å². The van der Waals surface area contributed by atoms with E-state index in [1.807, 2.05) is 48.5 Å². The number of rotatable bonds is 5. The molecule has 0 aliphatic rings. The van der Waals surface area contributed by atoms with E-state index in [9.17, 15) is 0 Å². The van der Waals surface area contributed by atoms with Gasteiger partial charge in [-0.25, -0.2) is 15.0 Å². The summed E-state index contributed by atoms with van der Waals surface area (Å²) in [5.41, 5.74) is 10.1. The molecule has 10 aromatic rings. The van der Waals surface area contributed by atoms with Crippen LogP contribution in [0.15, 0.2) is 174 Å². The third-order valence-corrected chi connectivity index (χ3v) is 9.45. The van der Waals surface area contributed by atoms with Gasteiger partial charge in [0.1, 0.15) is 11.2 Å². The van der Waals surface area contributed by atoms with Gasteiger partial charge in [0.15, 0.2) is 17.5 Å². The molecule has 5 heteroatoms. The van der Waals surface area contributed by atoms with Crippen LogP contribution in [-0.4, -0.2) is 19.5 Å². The summed E-state index contributed by atoms with van der Waals surface area (Å²) in [5, 5.41) is 4.61. The Morgan fingerprint density at radius 1 is 0.380 bits per heavy atom. The molecule has 0 saturated heterocycles. The Morgan fingerprint density at radius 2 is 0.960 bits per heavy atom. The Kier molecular flexibility index (Phi) is 6.42. The maximum absolute atomic E-state index is 6.32. The van der Waals surface area contributed by atoms with Crippen LogP contribution in [0.25, 0.3) is 94.7 Å². The topological polar surface area (TPSA) is 56.7 Å². The minimum atomic E-state index is 0.621. The molecule has 0 spiro atoms. The summed E-state index contributed by atoms with van der Waals surface area (Å²) in [6, 6.07) is 58.5. The summed E-state index contributed by atoms with van der Waals surface area (Å²) in [6.07, 6.45) is 0. The predicted molar refractivity (Wildman–Crippen MR) is 203 cm³/mol. The van der Waals surface area contributed by atoms with E-state index >= 15 is 0 Å². The highest BCUT2D eigenvalue weighted by molar-refractivity contribution is 6.24. The molecule has 0 saturated carbocycles. The van der Waals surface area contributed by atoms with Gasteiger partial charge in [-0.15, -0.1) is 0 Å². The maximum Gasteiger partial charge on any atom is 0.164 e. The fraction of sp³-hybridized carbons (Fsp3) is 0. The van der Waals surface area contributed by atoms with E-state index in [1.54, 1.807) is 0 Å². The number of hydrogen-bond acceptors (Lipinski definition) is 4. The summed E-state index contributed by atoms with van der Waals surface area (Å²) >= 11 is 0. The molecule has 7 aromatic carbocycles. The predicted octanol–water partition coefficient (Wildman–Crippen LogP) is 11.5. The molecular formula is C45H28N4O. The van der Waals surface area contributed by atoms with Gasteiger partial charge in [0, 0.05) is 38.5 Å². The van der Waals surface area contributed by atoms with E-state index in [4.69, 9.17) is 19.4 Å². The van der Waals surface area contributed by atoms with Crippen molar-refractivity contribution in [2.45, 2.75) is 0 Å². The van der Waals surface area contributed by atoms with Crippen molar-refractivity contribution < 1.29 is 4.42 Å². The number of aromatic nitrogens is 4. The lowest BCUT2D eigenvalue weighted by Gasteiger charge is -2.11. The van der Waals surface area contributed by atoms with E-state index < -0.39 is 0 Å². The van der Waals surface area contributed by atoms with Gasteiger partial charge in [-0.3, -0.25) is 0 Å². The van der Waals surface area contributed by atoms with Gasteiger partial charge in [0.2, 0.25) is 0 Å². The molecule has 0 radical (unpaired) electrons. The van der Waals surface area contributed by atoms with Gasteiger partial charge in [-0.05, 0) is 65.7 Å². The van der Waals surface area contributed by atoms with Crippen LogP contribution < -0.4 is 0 Å². The van der Waals surface area contributed by atoms with Crippen molar-refractivity contribution in [2.75, 3.05) is 0 Å². The highest BCUT2D eigenvalue weighted by atomic mass is 16.3. The number of nitrogens with zero attached hydrogens (tertiary/aromatic N) is 4. The van der Waals surface area contributed by atoms with Crippen molar-refractivity contribution in [3.8, 4) is 51.0 Å². The third kappa shape index (κ3) is 4.60. The summed E-state index contributed by atoms with van der Waals surface area (Å²) in [7, 11) is 0. The van der Waals surface area contributed by atoms with Crippen LogP contribution in [0.4, 0.5) is 0 Å². The molecule has 0 aliphatic heterocycles. The highest BCUT2D eigenvalue weighted by Gasteiger charge is 2.19. The molecule has 0 aliphatic carbocycles. The number of para-hydroxylation sites is 2. The molecule has 0 N–H and O–H groups in total. The number of fused-ring (bicyclic) bond motifs is 7. The summed E-state index contributed by atoms with van der Waals surface area (Å²) < 4.78 is 8.67. The molecule has 50 heavy (non-hydrogen) atoms. The lowest BCUT2D eigenvalue weighted by atomic mass is 10.0.